The molecule has 1 atom stereocenters. The van der Waals surface area contributed by atoms with Gasteiger partial charge in [-0.2, -0.15) is 0 Å². The van der Waals surface area contributed by atoms with Crippen LogP contribution in [0.1, 0.15) is 23.8 Å². The summed E-state index contributed by atoms with van der Waals surface area (Å²) in [4.78, 5) is 0. The second-order valence-electron chi connectivity index (χ2n) is 4.19. The quantitative estimate of drug-likeness (QED) is 0.797. The van der Waals surface area contributed by atoms with E-state index in [-0.39, 0.29) is 6.61 Å². The van der Waals surface area contributed by atoms with Gasteiger partial charge in [-0.25, -0.2) is 4.68 Å². The Morgan fingerprint density at radius 1 is 1.22 bits per heavy atom. The van der Waals surface area contributed by atoms with Crippen molar-refractivity contribution in [3.05, 3.63) is 47.8 Å². The maximum atomic E-state index is 10.0. The van der Waals surface area contributed by atoms with E-state index in [4.69, 9.17) is 5.11 Å². The van der Waals surface area contributed by atoms with Crippen LogP contribution in [0.5, 0.6) is 0 Å². The van der Waals surface area contributed by atoms with Gasteiger partial charge >= 0.3 is 0 Å². The van der Waals surface area contributed by atoms with E-state index >= 15 is 0 Å². The van der Waals surface area contributed by atoms with Crippen LogP contribution in [0.3, 0.4) is 0 Å². The lowest BCUT2D eigenvalue weighted by atomic mass is 10.1. The van der Waals surface area contributed by atoms with E-state index < -0.39 is 6.10 Å². The number of hydrogen-bond donors (Lipinski definition) is 2. The Hall–Kier alpha value is -1.72. The minimum Gasteiger partial charge on any atom is -0.396 e. The van der Waals surface area contributed by atoms with E-state index in [1.54, 1.807) is 4.68 Å². The number of hydrogen-bond acceptors (Lipinski definition) is 4. The van der Waals surface area contributed by atoms with Crippen molar-refractivity contribution in [2.45, 2.75) is 25.5 Å². The van der Waals surface area contributed by atoms with Gasteiger partial charge in [0, 0.05) is 12.8 Å². The van der Waals surface area contributed by atoms with E-state index in [9.17, 15) is 5.11 Å². The lowest BCUT2D eigenvalue weighted by Crippen LogP contribution is -2.09. The number of nitrogens with zero attached hydrogens (tertiary/aromatic N) is 3. The van der Waals surface area contributed by atoms with E-state index in [1.807, 2.05) is 36.5 Å². The average molecular weight is 247 g/mol. The SMILES string of the molecule is OCCCc1cn(CC(O)c2ccccc2)nn1. The molecule has 0 saturated carbocycles. The third kappa shape index (κ3) is 3.38. The van der Waals surface area contributed by atoms with Crippen molar-refractivity contribution in [2.75, 3.05) is 6.61 Å². The van der Waals surface area contributed by atoms with Crippen molar-refractivity contribution in [1.29, 1.82) is 0 Å². The molecule has 0 fully saturated rings. The summed E-state index contributed by atoms with van der Waals surface area (Å²) < 4.78 is 1.63. The molecule has 0 aliphatic carbocycles. The molecule has 0 saturated heterocycles. The second-order valence-corrected chi connectivity index (χ2v) is 4.19. The molecule has 1 heterocycles. The van der Waals surface area contributed by atoms with Gasteiger partial charge in [0.1, 0.15) is 0 Å². The number of aryl methyl sites for hydroxylation is 1. The first-order valence-electron chi connectivity index (χ1n) is 6.02. The zero-order valence-corrected chi connectivity index (χ0v) is 10.1. The Balaban J connectivity index is 1.95. The Kier molecular flexibility index (Phi) is 4.44. The van der Waals surface area contributed by atoms with Gasteiger partial charge in [0.15, 0.2) is 0 Å². The van der Waals surface area contributed by atoms with Crippen molar-refractivity contribution < 1.29 is 10.2 Å². The largest absolute Gasteiger partial charge is 0.396 e. The number of aliphatic hydroxyl groups excluding tert-OH is 2. The maximum Gasteiger partial charge on any atom is 0.0986 e. The number of rotatable bonds is 6. The molecule has 5 heteroatoms. The highest BCUT2D eigenvalue weighted by Crippen LogP contribution is 2.13. The molecule has 0 aliphatic rings. The van der Waals surface area contributed by atoms with Gasteiger partial charge < -0.3 is 10.2 Å². The van der Waals surface area contributed by atoms with Crippen LogP contribution < -0.4 is 0 Å². The molecule has 0 radical (unpaired) electrons. The molecule has 1 aromatic heterocycles. The third-order valence-corrected chi connectivity index (χ3v) is 2.72. The summed E-state index contributed by atoms with van der Waals surface area (Å²) in [6.45, 7) is 0.537. The van der Waals surface area contributed by atoms with Crippen LogP contribution >= 0.6 is 0 Å². The van der Waals surface area contributed by atoms with Gasteiger partial charge in [-0.1, -0.05) is 35.5 Å². The molecule has 0 spiro atoms. The topological polar surface area (TPSA) is 71.2 Å². The van der Waals surface area contributed by atoms with Crippen molar-refractivity contribution in [3.63, 3.8) is 0 Å². The Bertz CT molecular complexity index is 470. The van der Waals surface area contributed by atoms with Gasteiger partial charge in [0.25, 0.3) is 0 Å². The summed E-state index contributed by atoms with van der Waals surface area (Å²) in [7, 11) is 0. The van der Waals surface area contributed by atoms with E-state index in [0.29, 0.717) is 19.4 Å². The van der Waals surface area contributed by atoms with E-state index in [0.717, 1.165) is 11.3 Å². The number of aliphatic hydroxyl groups is 2. The fraction of sp³-hybridized carbons (Fsp3) is 0.385. The highest BCUT2D eigenvalue weighted by Gasteiger charge is 2.09. The number of benzene rings is 1. The third-order valence-electron chi connectivity index (χ3n) is 2.72. The van der Waals surface area contributed by atoms with Gasteiger partial charge in [-0.05, 0) is 18.4 Å². The smallest absolute Gasteiger partial charge is 0.0986 e. The summed E-state index contributed by atoms with van der Waals surface area (Å²) in [6, 6.07) is 9.47. The minimum atomic E-state index is -0.585. The summed E-state index contributed by atoms with van der Waals surface area (Å²) in [5.74, 6) is 0. The zero-order chi connectivity index (χ0) is 12.8. The van der Waals surface area contributed by atoms with Crippen LogP contribution in [-0.2, 0) is 13.0 Å². The molecule has 2 N–H and O–H groups in total. The molecular weight excluding hydrogens is 230 g/mol. The number of aromatic nitrogens is 3. The highest BCUT2D eigenvalue weighted by atomic mass is 16.3. The molecule has 18 heavy (non-hydrogen) atoms. The molecule has 2 rings (SSSR count). The second kappa shape index (κ2) is 6.28. The van der Waals surface area contributed by atoms with Crippen molar-refractivity contribution in [2.24, 2.45) is 0 Å². The van der Waals surface area contributed by atoms with Gasteiger partial charge in [-0.3, -0.25) is 0 Å². The van der Waals surface area contributed by atoms with Crippen molar-refractivity contribution in [1.82, 2.24) is 15.0 Å². The van der Waals surface area contributed by atoms with E-state index in [1.165, 1.54) is 0 Å². The Morgan fingerprint density at radius 3 is 2.72 bits per heavy atom. The summed E-state index contributed by atoms with van der Waals surface area (Å²) in [6.07, 6.45) is 2.61. The van der Waals surface area contributed by atoms with Crippen molar-refractivity contribution in [3.8, 4) is 0 Å². The maximum absolute atomic E-state index is 10.0. The van der Waals surface area contributed by atoms with E-state index in [2.05, 4.69) is 10.3 Å². The zero-order valence-electron chi connectivity index (χ0n) is 10.1. The fourth-order valence-electron chi connectivity index (χ4n) is 1.76. The van der Waals surface area contributed by atoms with Crippen LogP contribution in [0.2, 0.25) is 0 Å². The monoisotopic (exact) mass is 247 g/mol. The van der Waals surface area contributed by atoms with Crippen molar-refractivity contribution >= 4 is 0 Å². The lowest BCUT2D eigenvalue weighted by Gasteiger charge is -2.09. The first kappa shape index (κ1) is 12.7. The molecule has 1 aromatic carbocycles. The fourth-order valence-corrected chi connectivity index (χ4v) is 1.76. The van der Waals surface area contributed by atoms with Gasteiger partial charge in [0.2, 0.25) is 0 Å². The molecule has 5 nitrogen and oxygen atoms in total. The van der Waals surface area contributed by atoms with Crippen LogP contribution in [0.4, 0.5) is 0 Å². The average Bonchev–Trinajstić information content (AvgIpc) is 2.85. The molecule has 0 amide bonds. The predicted molar refractivity (Wildman–Crippen MR) is 66.8 cm³/mol. The molecule has 1 unspecified atom stereocenters. The highest BCUT2D eigenvalue weighted by molar-refractivity contribution is 5.17. The Labute approximate surface area is 106 Å². The first-order chi connectivity index (χ1) is 8.79. The van der Waals surface area contributed by atoms with Gasteiger partial charge in [0.05, 0.1) is 18.3 Å². The molecule has 96 valence electrons. The molecule has 2 aromatic rings. The minimum absolute atomic E-state index is 0.152. The normalized spacial score (nSPS) is 12.6. The van der Waals surface area contributed by atoms with Gasteiger partial charge in [-0.15, -0.1) is 5.10 Å². The lowest BCUT2D eigenvalue weighted by molar-refractivity contribution is 0.150. The summed E-state index contributed by atoms with van der Waals surface area (Å²) >= 11 is 0. The Morgan fingerprint density at radius 2 is 2.00 bits per heavy atom. The van der Waals surface area contributed by atoms with Crippen LogP contribution in [0, 0.1) is 0 Å². The molecule has 0 aliphatic heterocycles. The summed E-state index contributed by atoms with van der Waals surface area (Å²) in [5, 5.41) is 26.7. The first-order valence-corrected chi connectivity index (χ1v) is 6.02. The van der Waals surface area contributed by atoms with Crippen LogP contribution in [-0.4, -0.2) is 31.8 Å². The van der Waals surface area contributed by atoms with Crippen LogP contribution in [0.25, 0.3) is 0 Å². The molecular formula is C13H17N3O2. The summed E-state index contributed by atoms with van der Waals surface area (Å²) in [5.41, 5.74) is 1.70. The molecule has 0 bridgehead atoms. The predicted octanol–water partition coefficient (Wildman–Crippen LogP) is 0.937. The van der Waals surface area contributed by atoms with Crippen LogP contribution in [0.15, 0.2) is 36.5 Å². The standard InChI is InChI=1S/C13H17N3O2/c17-8-4-7-12-9-16(15-14-12)10-13(18)11-5-2-1-3-6-11/h1-3,5-6,9,13,17-18H,4,7-8,10H2.